The van der Waals surface area contributed by atoms with Crippen molar-refractivity contribution in [2.45, 2.75) is 129 Å². The molecule has 0 aliphatic heterocycles. The van der Waals surface area contributed by atoms with Gasteiger partial charge in [-0.3, -0.25) is 0 Å². The first-order valence-electron chi connectivity index (χ1n) is 12.4. The van der Waals surface area contributed by atoms with Gasteiger partial charge in [-0.05, 0) is 0 Å². The topological polar surface area (TPSA) is 28.2 Å². The van der Waals surface area contributed by atoms with E-state index in [0.29, 0.717) is 24.2 Å². The van der Waals surface area contributed by atoms with Crippen molar-refractivity contribution in [3.8, 4) is 0 Å². The van der Waals surface area contributed by atoms with Gasteiger partial charge in [0.1, 0.15) is 0 Å². The van der Waals surface area contributed by atoms with Crippen molar-refractivity contribution in [1.82, 2.24) is 0 Å². The van der Waals surface area contributed by atoms with Crippen molar-refractivity contribution in [1.29, 1.82) is 0 Å². The fraction of sp³-hybridized carbons (Fsp3) is 1.00. The second-order valence-electron chi connectivity index (χ2n) is 9.92. The van der Waals surface area contributed by atoms with Gasteiger partial charge < -0.3 is 10.6 Å². The van der Waals surface area contributed by atoms with Gasteiger partial charge in [0.25, 0.3) is 0 Å². The summed E-state index contributed by atoms with van der Waals surface area (Å²) in [6.45, 7) is 9.68. The first kappa shape index (κ1) is 26.5. The summed E-state index contributed by atoms with van der Waals surface area (Å²) in [5, 5.41) is 11.1. The maximum atomic E-state index is 5.56. The van der Waals surface area contributed by atoms with Crippen LogP contribution in [-0.4, -0.2) is 24.2 Å². The Labute approximate surface area is 198 Å². The van der Waals surface area contributed by atoms with Crippen molar-refractivity contribution in [2.75, 3.05) is 0 Å². The normalized spacial score (nSPS) is 40.6. The van der Waals surface area contributed by atoms with Gasteiger partial charge in [0, 0.05) is 0 Å². The van der Waals surface area contributed by atoms with Crippen LogP contribution in [0.4, 0.5) is 0 Å². The van der Waals surface area contributed by atoms with Gasteiger partial charge in [-0.2, -0.15) is 12.1 Å². The third kappa shape index (κ3) is 7.94. The van der Waals surface area contributed by atoms with Crippen molar-refractivity contribution in [2.24, 2.45) is 23.7 Å². The molecule has 0 aromatic carbocycles. The van der Waals surface area contributed by atoms with Crippen LogP contribution >= 0.6 is 18.6 Å². The zero-order chi connectivity index (χ0) is 21.2. The van der Waals surface area contributed by atoms with Crippen LogP contribution in [0.3, 0.4) is 0 Å². The molecule has 29 heavy (non-hydrogen) atoms. The van der Waals surface area contributed by atoms with E-state index in [9.17, 15) is 0 Å². The average molecular weight is 479 g/mol. The molecule has 3 rings (SSSR count). The molecule has 0 aromatic rings. The number of halogens is 2. The van der Waals surface area contributed by atoms with Gasteiger partial charge >= 0.3 is 35.6 Å². The summed E-state index contributed by atoms with van der Waals surface area (Å²) in [4.78, 5) is 0. The quantitative estimate of drug-likeness (QED) is 0.341. The third-order valence-corrected chi connectivity index (χ3v) is 8.07. The number of hydrogen-bond acceptors (Lipinski definition) is 0. The molecule has 8 atom stereocenters. The van der Waals surface area contributed by atoms with E-state index in [1.54, 1.807) is 0 Å². The van der Waals surface area contributed by atoms with Gasteiger partial charge in [0.05, 0.1) is 0 Å². The molecule has 0 N–H and O–H groups in total. The van der Waals surface area contributed by atoms with Crippen molar-refractivity contribution in [3.63, 3.8) is 0 Å². The summed E-state index contributed by atoms with van der Waals surface area (Å²) in [6, 6.07) is 2.27. The average Bonchev–Trinajstić information content (AvgIpc) is 2.72. The summed E-state index contributed by atoms with van der Waals surface area (Å²) in [7, 11) is 9.78. The molecule has 0 saturated heterocycles. The maximum absolute atomic E-state index is 5.56. The molecule has 3 aliphatic rings. The Morgan fingerprint density at radius 3 is 1.38 bits per heavy atom. The van der Waals surface area contributed by atoms with E-state index in [0.717, 1.165) is 23.7 Å². The molecule has 3 saturated carbocycles. The molecule has 0 amide bonds. The van der Waals surface area contributed by atoms with Crippen LogP contribution in [0.25, 0.3) is 10.6 Å². The van der Waals surface area contributed by atoms with Crippen LogP contribution in [0.15, 0.2) is 0 Å². The Morgan fingerprint density at radius 1 is 0.655 bits per heavy atom. The fourth-order valence-electron chi connectivity index (χ4n) is 6.33. The molecule has 3 fully saturated rings. The van der Waals surface area contributed by atoms with Gasteiger partial charge in [-0.15, -0.1) is 12.1 Å². The van der Waals surface area contributed by atoms with Gasteiger partial charge in [-0.25, -0.2) is 0 Å². The Kier molecular flexibility index (Phi) is 13.1. The Morgan fingerprint density at radius 2 is 1.03 bits per heavy atom. The van der Waals surface area contributed by atoms with Crippen LogP contribution in [0, 0.1) is 23.7 Å². The molecule has 8 unspecified atom stereocenters. The Bertz CT molecular complexity index is 401. The minimum absolute atomic E-state index is 0.523. The summed E-state index contributed by atoms with van der Waals surface area (Å²) >= 11 is -0.556. The molecule has 0 bridgehead atoms. The zero-order valence-electron chi connectivity index (χ0n) is 19.3. The third-order valence-electron chi connectivity index (χ3n) is 8.07. The molecule has 0 heterocycles. The predicted octanol–water partition coefficient (Wildman–Crippen LogP) is 8.85. The molecule has 3 aliphatic carbocycles. The predicted molar refractivity (Wildman–Crippen MR) is 126 cm³/mol. The van der Waals surface area contributed by atoms with Crippen molar-refractivity contribution in [3.05, 3.63) is 10.6 Å². The molecule has 5 heteroatoms. The van der Waals surface area contributed by atoms with Crippen LogP contribution < -0.4 is 0 Å². The summed E-state index contributed by atoms with van der Waals surface area (Å²) < 4.78 is 0. The zero-order valence-corrected chi connectivity index (χ0v) is 22.3. The first-order valence-corrected chi connectivity index (χ1v) is 16.7. The van der Waals surface area contributed by atoms with Crippen LogP contribution in [0.1, 0.15) is 105 Å². The van der Waals surface area contributed by atoms with E-state index in [1.807, 2.05) is 0 Å². The van der Waals surface area contributed by atoms with E-state index < -0.39 is 17.0 Å². The van der Waals surface area contributed by atoms with E-state index in [2.05, 4.69) is 27.7 Å². The standard InChI is InChI=1S/C24H44N2.2ClH.Ti/c1-5-19-13-9-11-17(3)23(19)25-21-15-7-8-16-22(21)26-24-18(4)12-10-14-20(24)6-2;;;/h17-24H,5-16H2,1-4H3;2*1H;/q-2;;;+2/p-2. The second-order valence-corrected chi connectivity index (χ2v) is 12.5. The Balaban J connectivity index is 0.000000941. The fourth-order valence-corrected chi connectivity index (χ4v) is 6.33. The van der Waals surface area contributed by atoms with Gasteiger partial charge in [0.15, 0.2) is 0 Å². The molecular formula is C24H44Cl2N2Ti-2. The molecule has 0 aromatic heterocycles. The Hall–Kier alpha value is 1.21. The van der Waals surface area contributed by atoms with Gasteiger partial charge in [-0.1, -0.05) is 128 Å². The van der Waals surface area contributed by atoms with E-state index in [4.69, 9.17) is 29.2 Å². The molecule has 0 radical (unpaired) electrons. The summed E-state index contributed by atoms with van der Waals surface area (Å²) in [5.74, 6) is 3.23. The van der Waals surface area contributed by atoms with Crippen LogP contribution in [0.2, 0.25) is 0 Å². The van der Waals surface area contributed by atoms with E-state index in [-0.39, 0.29) is 0 Å². The van der Waals surface area contributed by atoms with Crippen molar-refractivity contribution < 1.29 is 17.0 Å². The van der Waals surface area contributed by atoms with Crippen molar-refractivity contribution >= 4 is 18.6 Å². The molecule has 0 spiro atoms. The number of hydrogen-bond donors (Lipinski definition) is 0. The minimum atomic E-state index is -0.556. The van der Waals surface area contributed by atoms with E-state index >= 15 is 0 Å². The molecule has 2 nitrogen and oxygen atoms in total. The van der Waals surface area contributed by atoms with Gasteiger partial charge in [0.2, 0.25) is 0 Å². The summed E-state index contributed by atoms with van der Waals surface area (Å²) in [5.41, 5.74) is 0. The van der Waals surface area contributed by atoms with Crippen LogP contribution in [-0.2, 0) is 17.0 Å². The number of rotatable bonds is 6. The number of nitrogens with zero attached hydrogens (tertiary/aromatic N) is 2. The summed E-state index contributed by atoms with van der Waals surface area (Å²) in [6.07, 6.45) is 16.4. The molecular weight excluding hydrogens is 435 g/mol. The molecule has 170 valence electrons. The van der Waals surface area contributed by atoms with E-state index in [1.165, 1.54) is 77.0 Å². The first-order chi connectivity index (χ1) is 14.0. The second kappa shape index (κ2) is 14.4. The van der Waals surface area contributed by atoms with Crippen LogP contribution in [0.5, 0.6) is 0 Å². The monoisotopic (exact) mass is 478 g/mol. The SMILES string of the molecule is CCC1CCCC(C)C1[N-]C1CCCCC1[N-]C1C(C)CCCC1CC.[Cl][Ti][Cl].